The molecule has 0 atom stereocenters. The Morgan fingerprint density at radius 1 is 0.941 bits per heavy atom. The van der Waals surface area contributed by atoms with Gasteiger partial charge in [0.15, 0.2) is 0 Å². The summed E-state index contributed by atoms with van der Waals surface area (Å²) in [4.78, 5) is 0. The molecule has 0 saturated carbocycles. The van der Waals surface area contributed by atoms with Crippen molar-refractivity contribution in [1.82, 2.24) is 0 Å². The van der Waals surface area contributed by atoms with Crippen molar-refractivity contribution in [2.24, 2.45) is 0 Å². The second kappa shape index (κ2) is 5.15. The molecule has 0 saturated heterocycles. The molecule has 0 aliphatic rings. The van der Waals surface area contributed by atoms with Crippen molar-refractivity contribution in [3.63, 3.8) is 0 Å². The third kappa shape index (κ3) is 2.74. The minimum absolute atomic E-state index is 0.290. The summed E-state index contributed by atoms with van der Waals surface area (Å²) in [5.41, 5.74) is 2.77. The van der Waals surface area contributed by atoms with Crippen LogP contribution < -0.4 is 10.9 Å². The van der Waals surface area contributed by atoms with Crippen LogP contribution in [0.5, 0.6) is 0 Å². The largest absolute Gasteiger partial charge is 0.443 e. The van der Waals surface area contributed by atoms with Gasteiger partial charge in [-0.2, -0.15) is 0 Å². The van der Waals surface area contributed by atoms with Gasteiger partial charge in [0, 0.05) is 0 Å². The van der Waals surface area contributed by atoms with E-state index in [-0.39, 0.29) is 5.82 Å². The minimum Gasteiger partial charge on any atom is -0.443 e. The molecule has 0 aliphatic heterocycles. The van der Waals surface area contributed by atoms with Crippen LogP contribution in [0.1, 0.15) is 12.5 Å². The van der Waals surface area contributed by atoms with Gasteiger partial charge in [-0.05, 0) is 35.0 Å². The highest BCUT2D eigenvalue weighted by molar-refractivity contribution is 6.78. The smallest absolute Gasteiger partial charge is 0.358 e. The summed E-state index contributed by atoms with van der Waals surface area (Å²) >= 11 is 0. The zero-order chi connectivity index (χ0) is 12.3. The topological polar surface area (TPSA) is 20.2 Å². The van der Waals surface area contributed by atoms with E-state index in [2.05, 4.69) is 6.92 Å². The first-order valence-corrected chi connectivity index (χ1v) is 5.73. The standard InChI is InChI=1S/C14H14BFO/c1-2-11-3-5-12(6-4-11)15(17)13-7-9-14(16)10-8-13/h3-10,17H,2H2,1H3. The molecule has 0 radical (unpaired) electrons. The highest BCUT2D eigenvalue weighted by Crippen LogP contribution is 1.99. The highest BCUT2D eigenvalue weighted by atomic mass is 19.1. The molecule has 0 spiro atoms. The molecule has 0 aromatic heterocycles. The molecule has 1 N–H and O–H groups in total. The average Bonchev–Trinajstić information content (AvgIpc) is 2.39. The van der Waals surface area contributed by atoms with Crippen molar-refractivity contribution >= 4 is 17.8 Å². The fraction of sp³-hybridized carbons (Fsp3) is 0.143. The second-order valence-corrected chi connectivity index (χ2v) is 4.05. The van der Waals surface area contributed by atoms with Gasteiger partial charge in [-0.25, -0.2) is 4.39 Å². The maximum atomic E-state index is 12.8. The zero-order valence-electron chi connectivity index (χ0n) is 9.73. The fourth-order valence-electron chi connectivity index (χ4n) is 1.77. The maximum Gasteiger partial charge on any atom is 0.358 e. The van der Waals surface area contributed by atoms with E-state index in [1.165, 1.54) is 17.7 Å². The van der Waals surface area contributed by atoms with Gasteiger partial charge in [0.25, 0.3) is 0 Å². The molecule has 0 aliphatic carbocycles. The number of hydrogen-bond acceptors (Lipinski definition) is 1. The minimum atomic E-state index is -0.693. The molecule has 17 heavy (non-hydrogen) atoms. The van der Waals surface area contributed by atoms with E-state index < -0.39 is 6.92 Å². The third-order valence-electron chi connectivity index (χ3n) is 2.89. The molecule has 0 amide bonds. The lowest BCUT2D eigenvalue weighted by Gasteiger charge is -2.08. The summed E-state index contributed by atoms with van der Waals surface area (Å²) < 4.78 is 12.8. The number of rotatable bonds is 3. The van der Waals surface area contributed by atoms with Gasteiger partial charge >= 0.3 is 6.92 Å². The number of hydrogen-bond donors (Lipinski definition) is 1. The SMILES string of the molecule is CCc1ccc(B(O)c2ccc(F)cc2)cc1. The summed E-state index contributed by atoms with van der Waals surface area (Å²) in [5.74, 6) is -0.290. The van der Waals surface area contributed by atoms with E-state index >= 15 is 0 Å². The van der Waals surface area contributed by atoms with Crippen LogP contribution in [0, 0.1) is 5.82 Å². The molecular weight excluding hydrogens is 214 g/mol. The Morgan fingerprint density at radius 2 is 1.41 bits per heavy atom. The Kier molecular flexibility index (Phi) is 3.60. The molecule has 2 aromatic carbocycles. The van der Waals surface area contributed by atoms with Crippen LogP contribution in [0.4, 0.5) is 4.39 Å². The number of halogens is 1. The first-order chi connectivity index (χ1) is 8.20. The van der Waals surface area contributed by atoms with Gasteiger partial charge in [-0.3, -0.25) is 0 Å². The predicted molar refractivity (Wildman–Crippen MR) is 69.5 cm³/mol. The Labute approximate surface area is 101 Å². The van der Waals surface area contributed by atoms with E-state index in [9.17, 15) is 9.41 Å². The fourth-order valence-corrected chi connectivity index (χ4v) is 1.77. The Hall–Kier alpha value is -1.61. The molecule has 86 valence electrons. The van der Waals surface area contributed by atoms with Gasteiger partial charge < -0.3 is 5.02 Å². The summed E-state index contributed by atoms with van der Waals surface area (Å²) in [5, 5.41) is 10.1. The molecule has 0 heterocycles. The Morgan fingerprint density at radius 3 is 1.88 bits per heavy atom. The molecule has 0 bridgehead atoms. The van der Waals surface area contributed by atoms with Crippen LogP contribution in [-0.4, -0.2) is 11.9 Å². The first kappa shape index (κ1) is 11.9. The van der Waals surface area contributed by atoms with Crippen molar-refractivity contribution < 1.29 is 9.41 Å². The summed E-state index contributed by atoms with van der Waals surface area (Å²) in [6.07, 6.45) is 0.979. The van der Waals surface area contributed by atoms with Crippen LogP contribution in [0.2, 0.25) is 0 Å². The van der Waals surface area contributed by atoms with E-state index in [4.69, 9.17) is 0 Å². The summed E-state index contributed by atoms with van der Waals surface area (Å²) in [6, 6.07) is 13.8. The van der Waals surface area contributed by atoms with Crippen molar-refractivity contribution in [2.75, 3.05) is 0 Å². The lowest BCUT2D eigenvalue weighted by Crippen LogP contribution is -2.42. The molecular formula is C14H14BFO. The van der Waals surface area contributed by atoms with E-state index in [1.54, 1.807) is 12.1 Å². The average molecular weight is 228 g/mol. The molecule has 1 nitrogen and oxygen atoms in total. The van der Waals surface area contributed by atoms with E-state index in [0.717, 1.165) is 11.9 Å². The summed E-state index contributed by atoms with van der Waals surface area (Å²) in [7, 11) is 0. The quantitative estimate of drug-likeness (QED) is 0.789. The second-order valence-electron chi connectivity index (χ2n) is 4.05. The van der Waals surface area contributed by atoms with Crippen LogP contribution in [0.25, 0.3) is 0 Å². The van der Waals surface area contributed by atoms with E-state index in [0.29, 0.717) is 5.46 Å². The summed E-state index contributed by atoms with van der Waals surface area (Å²) in [6.45, 7) is 1.40. The van der Waals surface area contributed by atoms with Crippen LogP contribution >= 0.6 is 0 Å². The van der Waals surface area contributed by atoms with Gasteiger partial charge in [-0.1, -0.05) is 43.3 Å². The van der Waals surface area contributed by atoms with Crippen molar-refractivity contribution in [3.8, 4) is 0 Å². The maximum absolute atomic E-state index is 12.8. The third-order valence-corrected chi connectivity index (χ3v) is 2.89. The monoisotopic (exact) mass is 228 g/mol. The predicted octanol–water partition coefficient (Wildman–Crippen LogP) is 1.49. The molecule has 2 rings (SSSR count). The van der Waals surface area contributed by atoms with Crippen molar-refractivity contribution in [1.29, 1.82) is 0 Å². The lowest BCUT2D eigenvalue weighted by atomic mass is 9.56. The molecule has 0 fully saturated rings. The number of aryl methyl sites for hydroxylation is 1. The molecule has 0 unspecified atom stereocenters. The Bertz CT molecular complexity index is 479. The van der Waals surface area contributed by atoms with Crippen molar-refractivity contribution in [3.05, 3.63) is 59.9 Å². The molecule has 3 heteroatoms. The normalized spacial score (nSPS) is 10.3. The van der Waals surface area contributed by atoms with Gasteiger partial charge in [0.05, 0.1) is 0 Å². The van der Waals surface area contributed by atoms with Crippen molar-refractivity contribution in [2.45, 2.75) is 13.3 Å². The van der Waals surface area contributed by atoms with Crippen LogP contribution in [0.15, 0.2) is 48.5 Å². The van der Waals surface area contributed by atoms with Crippen LogP contribution in [0.3, 0.4) is 0 Å². The van der Waals surface area contributed by atoms with E-state index in [1.807, 2.05) is 24.3 Å². The van der Waals surface area contributed by atoms with Gasteiger partial charge in [0.1, 0.15) is 5.82 Å². The lowest BCUT2D eigenvalue weighted by molar-refractivity contribution is 0.599. The first-order valence-electron chi connectivity index (χ1n) is 5.73. The highest BCUT2D eigenvalue weighted by Gasteiger charge is 2.16. The zero-order valence-corrected chi connectivity index (χ0v) is 9.73. The van der Waals surface area contributed by atoms with Gasteiger partial charge in [-0.15, -0.1) is 0 Å². The van der Waals surface area contributed by atoms with Crippen LogP contribution in [-0.2, 0) is 6.42 Å². The number of benzene rings is 2. The Balaban J connectivity index is 2.23. The molecule has 2 aromatic rings. The van der Waals surface area contributed by atoms with Gasteiger partial charge in [0.2, 0.25) is 0 Å².